The molecule has 1 aromatic carbocycles. The Bertz CT molecular complexity index is 2030. The number of aliphatic hydroxyl groups excluding tert-OH is 2. The van der Waals surface area contributed by atoms with Gasteiger partial charge in [0.2, 0.25) is 11.7 Å². The van der Waals surface area contributed by atoms with E-state index in [1.807, 2.05) is 0 Å². The van der Waals surface area contributed by atoms with Crippen molar-refractivity contribution in [1.82, 2.24) is 19.6 Å². The number of primary amides is 1. The molecule has 1 aromatic rings. The van der Waals surface area contributed by atoms with Crippen LogP contribution in [0.1, 0.15) is 17.5 Å². The number of phenols is 1. The van der Waals surface area contributed by atoms with Gasteiger partial charge in [0.15, 0.2) is 11.4 Å². The van der Waals surface area contributed by atoms with E-state index in [4.69, 9.17) is 15.9 Å². The standard InChI is InChI=1S/C37H49N7O16/c1-40(2)21-11-20(39-22(45)12-43(14-24(48)49)7-5-42(13-23(46)47)6-8-44(15-25(50)51)16-26(52)53)31(54)28-18(21)9-17-10-19-30(41(3)4)33(56)29(36(38)59)35(58)37(19,60)34(57)27(17)32(28)55/h11,17,19,30,54-55,58,60H,5-10,12-16H2,1-4H3,(H2,38,59)(H,39,45)(H,46,47)(H,48,49)(H,50,51)(H,52,53)/t17-,19-,30-,37-/m0/s1. The largest absolute Gasteiger partial charge is 0.508 e. The van der Waals surface area contributed by atoms with Crippen LogP contribution >= 0.6 is 0 Å². The Morgan fingerprint density at radius 1 is 0.783 bits per heavy atom. The fourth-order valence-corrected chi connectivity index (χ4v) is 8.21. The van der Waals surface area contributed by atoms with Crippen molar-refractivity contribution in [2.24, 2.45) is 17.6 Å². The van der Waals surface area contributed by atoms with Gasteiger partial charge in [-0.3, -0.25) is 58.0 Å². The molecule has 0 unspecified atom stereocenters. The molecule has 4 rings (SSSR count). The van der Waals surface area contributed by atoms with Crippen molar-refractivity contribution in [3.63, 3.8) is 0 Å². The zero-order valence-electron chi connectivity index (χ0n) is 33.2. The normalized spacial score (nSPS) is 21.2. The highest BCUT2D eigenvalue weighted by atomic mass is 16.4. The average molecular weight is 848 g/mol. The number of likely N-dealkylation sites (N-methyl/N-ethyl adjacent to an activating group) is 1. The number of ketones is 2. The highest BCUT2D eigenvalue weighted by Crippen LogP contribution is 2.54. The number of rotatable bonds is 20. The maximum absolute atomic E-state index is 14.3. The number of carbonyl (C=O) groups is 8. The predicted octanol–water partition coefficient (Wildman–Crippen LogP) is -2.79. The number of amides is 2. The van der Waals surface area contributed by atoms with E-state index < -0.39 is 132 Å². The second kappa shape index (κ2) is 18.4. The van der Waals surface area contributed by atoms with Crippen molar-refractivity contribution >= 4 is 64.4 Å². The van der Waals surface area contributed by atoms with Gasteiger partial charge in [0.1, 0.15) is 22.8 Å². The molecule has 23 nitrogen and oxygen atoms in total. The van der Waals surface area contributed by atoms with Gasteiger partial charge in [-0.05, 0) is 44.5 Å². The Balaban J connectivity index is 1.65. The highest BCUT2D eigenvalue weighted by Gasteiger charge is 2.64. The fraction of sp³-hybridized carbons (Fsp3) is 0.514. The molecule has 1 saturated carbocycles. The summed E-state index contributed by atoms with van der Waals surface area (Å²) in [4.78, 5) is 106. The first kappa shape index (κ1) is 46.5. The molecule has 0 heterocycles. The van der Waals surface area contributed by atoms with Crippen LogP contribution in [0.2, 0.25) is 0 Å². The summed E-state index contributed by atoms with van der Waals surface area (Å²) < 4.78 is 0. The fourth-order valence-electron chi connectivity index (χ4n) is 8.21. The van der Waals surface area contributed by atoms with Crippen LogP contribution in [0.15, 0.2) is 23.0 Å². The molecular formula is C37H49N7O16. The maximum atomic E-state index is 14.3. The van der Waals surface area contributed by atoms with Gasteiger partial charge in [0, 0.05) is 57.5 Å². The number of hydrogen-bond donors (Lipinski definition) is 10. The second-order valence-electron chi connectivity index (χ2n) is 15.3. The molecule has 4 atom stereocenters. The molecule has 2 amide bonds. The minimum absolute atomic E-state index is 0.0343. The third kappa shape index (κ3) is 9.66. The number of nitrogens with zero attached hydrogens (tertiary/aromatic N) is 5. The van der Waals surface area contributed by atoms with Crippen molar-refractivity contribution in [3.05, 3.63) is 34.1 Å². The van der Waals surface area contributed by atoms with Gasteiger partial charge in [-0.2, -0.15) is 0 Å². The zero-order chi connectivity index (χ0) is 45.1. The zero-order valence-corrected chi connectivity index (χ0v) is 33.2. The summed E-state index contributed by atoms with van der Waals surface area (Å²) in [5.41, 5.74) is 1.20. The van der Waals surface area contributed by atoms with Crippen LogP contribution in [0, 0.1) is 11.8 Å². The Morgan fingerprint density at radius 2 is 1.27 bits per heavy atom. The molecule has 3 aliphatic carbocycles. The molecule has 0 radical (unpaired) electrons. The van der Waals surface area contributed by atoms with Crippen LogP contribution in [-0.4, -0.2) is 206 Å². The number of nitrogens with two attached hydrogens (primary N) is 1. The third-order valence-electron chi connectivity index (χ3n) is 10.7. The quantitative estimate of drug-likeness (QED) is 0.0468. The molecule has 328 valence electrons. The summed E-state index contributed by atoms with van der Waals surface area (Å²) in [5, 5.41) is 86.1. The molecule has 1 fully saturated rings. The Kier molecular flexibility index (Phi) is 14.3. The first-order valence-corrected chi connectivity index (χ1v) is 18.5. The molecule has 0 spiro atoms. The number of phenolic OH excluding ortho intramolecular Hbond substituents is 1. The first-order valence-electron chi connectivity index (χ1n) is 18.5. The van der Waals surface area contributed by atoms with E-state index in [0.29, 0.717) is 11.3 Å². The molecule has 11 N–H and O–H groups in total. The number of fused-ring (bicyclic) bond motifs is 3. The monoisotopic (exact) mass is 847 g/mol. The van der Waals surface area contributed by atoms with E-state index in [9.17, 15) is 69.0 Å². The van der Waals surface area contributed by atoms with Crippen molar-refractivity contribution < 1.29 is 79.2 Å². The van der Waals surface area contributed by atoms with E-state index >= 15 is 0 Å². The number of Topliss-reactive ketones (excluding diaryl/α,β-unsaturated/α-hetero) is 2. The van der Waals surface area contributed by atoms with E-state index in [-0.39, 0.29) is 50.3 Å². The molecule has 0 aromatic heterocycles. The number of carboxylic acid groups (broad SMARTS) is 4. The number of benzene rings is 1. The summed E-state index contributed by atoms with van der Waals surface area (Å²) in [5.74, 6) is -14.6. The molecule has 0 bridgehead atoms. The molecule has 0 saturated heterocycles. The lowest BCUT2D eigenvalue weighted by atomic mass is 9.57. The second-order valence-corrected chi connectivity index (χ2v) is 15.3. The van der Waals surface area contributed by atoms with Crippen LogP contribution < -0.4 is 16.0 Å². The lowest BCUT2D eigenvalue weighted by Gasteiger charge is -2.50. The van der Waals surface area contributed by atoms with E-state index in [2.05, 4.69) is 5.32 Å². The molecule has 60 heavy (non-hydrogen) atoms. The van der Waals surface area contributed by atoms with Crippen molar-refractivity contribution in [2.45, 2.75) is 24.5 Å². The number of carbonyl (C=O) groups excluding carboxylic acids is 4. The highest BCUT2D eigenvalue weighted by molar-refractivity contribution is 6.24. The van der Waals surface area contributed by atoms with Gasteiger partial charge in [0.25, 0.3) is 5.91 Å². The number of nitrogens with one attached hydrogen (secondary N) is 1. The first-order chi connectivity index (χ1) is 27.9. The van der Waals surface area contributed by atoms with Gasteiger partial charge in [0.05, 0.1) is 50.0 Å². The summed E-state index contributed by atoms with van der Waals surface area (Å²) in [6, 6.07) is 0.0998. The molecule has 3 aliphatic rings. The topological polar surface area (TPSA) is 353 Å². The average Bonchev–Trinajstić information content (AvgIpc) is 3.10. The lowest BCUT2D eigenvalue weighted by molar-refractivity contribution is -0.154. The molecule has 23 heteroatoms. The van der Waals surface area contributed by atoms with Crippen LogP contribution in [0.4, 0.5) is 11.4 Å². The predicted molar refractivity (Wildman–Crippen MR) is 207 cm³/mol. The Morgan fingerprint density at radius 3 is 1.73 bits per heavy atom. The van der Waals surface area contributed by atoms with Gasteiger partial charge in [-0.1, -0.05) is 0 Å². The number of hydrogen-bond acceptors (Lipinski definition) is 17. The number of carboxylic acids is 4. The van der Waals surface area contributed by atoms with Gasteiger partial charge >= 0.3 is 23.9 Å². The molecule has 0 aliphatic heterocycles. The summed E-state index contributed by atoms with van der Waals surface area (Å²) in [7, 11) is 6.20. The van der Waals surface area contributed by atoms with Crippen LogP contribution in [0.25, 0.3) is 5.76 Å². The smallest absolute Gasteiger partial charge is 0.317 e. The van der Waals surface area contributed by atoms with Gasteiger partial charge < -0.3 is 56.8 Å². The maximum Gasteiger partial charge on any atom is 0.317 e. The lowest BCUT2D eigenvalue weighted by Crippen LogP contribution is -2.65. The third-order valence-corrected chi connectivity index (χ3v) is 10.7. The Labute approximate surface area is 342 Å². The Hall–Kier alpha value is -6.14. The molecular weight excluding hydrogens is 798 g/mol. The summed E-state index contributed by atoms with van der Waals surface area (Å²) in [6.07, 6.45) is -0.183. The SMILES string of the molecule is CN(C)c1cc(NC(=O)CN(CCN(CCN(CC(=O)O)CC(=O)O)CC(=O)O)CC(=O)O)c(O)c2c1C[C@H]1C[C@H]3[C@H](N(C)C)C(=O)C(C(N)=O)=C(O)[C@@]3(O)C(=O)C1=C2O. The van der Waals surface area contributed by atoms with E-state index in [1.165, 1.54) is 30.0 Å². The minimum Gasteiger partial charge on any atom is -0.508 e. The number of aromatic hydroxyl groups is 1. The summed E-state index contributed by atoms with van der Waals surface area (Å²) in [6.45, 7) is -3.90. The van der Waals surface area contributed by atoms with E-state index in [0.717, 1.165) is 9.80 Å². The van der Waals surface area contributed by atoms with Gasteiger partial charge in [-0.15, -0.1) is 0 Å². The van der Waals surface area contributed by atoms with Crippen molar-refractivity contribution in [3.8, 4) is 5.75 Å². The van der Waals surface area contributed by atoms with Crippen molar-refractivity contribution in [1.29, 1.82) is 0 Å². The minimum atomic E-state index is -2.87. The number of aliphatic carboxylic acids is 4. The summed E-state index contributed by atoms with van der Waals surface area (Å²) >= 11 is 0. The van der Waals surface area contributed by atoms with Crippen LogP contribution in [-0.2, 0) is 44.8 Å². The van der Waals surface area contributed by atoms with Crippen molar-refractivity contribution in [2.75, 3.05) is 97.3 Å². The van der Waals surface area contributed by atoms with Crippen LogP contribution in [0.3, 0.4) is 0 Å². The van der Waals surface area contributed by atoms with Gasteiger partial charge in [-0.25, -0.2) is 0 Å². The number of aliphatic hydroxyl groups is 3. The number of anilines is 2. The van der Waals surface area contributed by atoms with E-state index in [1.54, 1.807) is 19.0 Å². The van der Waals surface area contributed by atoms with Crippen LogP contribution in [0.5, 0.6) is 5.75 Å².